The number of nitrogens with zero attached hydrogens (tertiary/aromatic N) is 5. The molecule has 59 heavy (non-hydrogen) atoms. The number of cyclic esters (lactones) is 1. The van der Waals surface area contributed by atoms with E-state index in [1.165, 1.54) is 14.0 Å². The minimum atomic E-state index is -1.38. The summed E-state index contributed by atoms with van der Waals surface area (Å²) in [6.45, 7) is 13.0. The Morgan fingerprint density at radius 2 is 1.78 bits per heavy atom. The normalized spacial score (nSPS) is 37.5. The molecule has 0 unspecified atom stereocenters. The van der Waals surface area contributed by atoms with Crippen molar-refractivity contribution in [3.8, 4) is 11.3 Å². The van der Waals surface area contributed by atoms with E-state index >= 15 is 0 Å². The highest BCUT2D eigenvalue weighted by Gasteiger charge is 2.59. The van der Waals surface area contributed by atoms with Crippen LogP contribution in [0.3, 0.4) is 0 Å². The molecule has 17 nitrogen and oxygen atoms in total. The lowest BCUT2D eigenvalue weighted by Gasteiger charge is -2.48. The highest BCUT2D eigenvalue weighted by atomic mass is 16.7. The van der Waals surface area contributed by atoms with Crippen molar-refractivity contribution in [2.24, 2.45) is 11.8 Å². The van der Waals surface area contributed by atoms with Gasteiger partial charge in [-0.15, -0.1) is 0 Å². The summed E-state index contributed by atoms with van der Waals surface area (Å²) >= 11 is 0. The zero-order valence-electron chi connectivity index (χ0n) is 36.2. The highest BCUT2D eigenvalue weighted by Crippen LogP contribution is 2.40. The molecule has 0 aliphatic carbocycles. The number of imidazole rings is 1. The van der Waals surface area contributed by atoms with Gasteiger partial charge in [0.25, 0.3) is 0 Å². The molecule has 0 aromatic carbocycles. The van der Waals surface area contributed by atoms with Crippen molar-refractivity contribution in [1.82, 2.24) is 29.7 Å². The van der Waals surface area contributed by atoms with E-state index in [2.05, 4.69) is 15.3 Å². The molecular weight excluding hydrogens is 764 g/mol. The molecule has 2 aromatic rings. The Hall–Kier alpha value is -3.55. The molecule has 3 saturated heterocycles. The zero-order chi connectivity index (χ0) is 43.4. The van der Waals surface area contributed by atoms with E-state index < -0.39 is 96.4 Å². The number of aliphatic hydroxyl groups excluding tert-OH is 3. The number of fused-ring (bicyclic) bond motifs is 1. The van der Waals surface area contributed by atoms with Gasteiger partial charge in [0, 0.05) is 62.4 Å². The minimum absolute atomic E-state index is 0.280. The number of pyridine rings is 1. The van der Waals surface area contributed by atoms with Gasteiger partial charge >= 0.3 is 12.1 Å². The fourth-order valence-corrected chi connectivity index (χ4v) is 9.46. The molecule has 0 saturated carbocycles. The van der Waals surface area contributed by atoms with Crippen LogP contribution in [-0.4, -0.2) is 164 Å². The van der Waals surface area contributed by atoms with Crippen LogP contribution < -0.4 is 5.32 Å². The van der Waals surface area contributed by atoms with E-state index in [-0.39, 0.29) is 18.5 Å². The van der Waals surface area contributed by atoms with Crippen molar-refractivity contribution in [3.05, 3.63) is 37.1 Å². The molecule has 330 valence electrons. The molecule has 3 aliphatic heterocycles. The van der Waals surface area contributed by atoms with Gasteiger partial charge in [0.2, 0.25) is 0 Å². The van der Waals surface area contributed by atoms with Crippen LogP contribution in [0.25, 0.3) is 11.3 Å². The fraction of sp³-hybridized carbons (Fsp3) is 0.738. The maximum atomic E-state index is 14.3. The molecule has 4 N–H and O–H groups in total. The second-order valence-electron chi connectivity index (χ2n) is 17.2. The summed E-state index contributed by atoms with van der Waals surface area (Å²) in [4.78, 5) is 54.2. The van der Waals surface area contributed by atoms with Gasteiger partial charge in [-0.05, 0) is 86.5 Å². The van der Waals surface area contributed by atoms with Crippen LogP contribution in [0.2, 0.25) is 0 Å². The number of amides is 1. The second kappa shape index (κ2) is 19.4. The van der Waals surface area contributed by atoms with Gasteiger partial charge in [0.15, 0.2) is 17.7 Å². The quantitative estimate of drug-likeness (QED) is 0.138. The highest BCUT2D eigenvalue weighted by molar-refractivity contribution is 6.00. The van der Waals surface area contributed by atoms with E-state index in [4.69, 9.17) is 23.7 Å². The van der Waals surface area contributed by atoms with Gasteiger partial charge < -0.3 is 53.8 Å². The van der Waals surface area contributed by atoms with Gasteiger partial charge in [0.05, 0.1) is 42.4 Å². The van der Waals surface area contributed by atoms with E-state index in [0.29, 0.717) is 25.9 Å². The lowest BCUT2D eigenvalue weighted by atomic mass is 9.78. The number of rotatable bonds is 12. The number of aryl methyl sites for hydroxylation is 1. The molecule has 0 radical (unpaired) electrons. The number of aromatic nitrogens is 3. The Balaban J connectivity index is 1.41. The molecule has 3 aliphatic rings. The summed E-state index contributed by atoms with van der Waals surface area (Å²) in [5.74, 6) is -3.51. The van der Waals surface area contributed by atoms with Crippen LogP contribution >= 0.6 is 0 Å². The molecule has 14 atom stereocenters. The minimum Gasteiger partial charge on any atom is -0.458 e. The Kier molecular flexibility index (Phi) is 15.3. The van der Waals surface area contributed by atoms with Crippen LogP contribution in [0, 0.1) is 11.8 Å². The lowest BCUT2D eigenvalue weighted by molar-refractivity contribution is -0.319. The molecule has 0 bridgehead atoms. The monoisotopic (exact) mass is 830 g/mol. The number of methoxy groups -OCH3 is 1. The molecule has 0 spiro atoms. The summed E-state index contributed by atoms with van der Waals surface area (Å²) in [7, 11) is 4.87. The van der Waals surface area contributed by atoms with Crippen LogP contribution in [0.15, 0.2) is 37.1 Å². The average Bonchev–Trinajstić information content (AvgIpc) is 3.78. The maximum absolute atomic E-state index is 14.3. The standard InChI is InChI=1S/C42H66N6O11/c1-11-31-42(7)36(48(40(54)59-42)18-13-12-17-47-21-29(44-23-47)28-15-14-16-43-20-28)27(5)45-24(2)19-41(6,55-10)37(25(3)33(50)26(4)38(53)57-31)58-39-35(52)32(46(8)9)34(51)30(22-49)56-39/h14-16,20-21,23-27,30-32,34-37,39,45,49,51-52H,11-13,17-19,22H2,1-10H3/t24-,25+,26-,27-,30-,31-,32-,34-,35-,36-,37-,39+,41+,42-/m1/s1. The van der Waals surface area contributed by atoms with Crippen LogP contribution in [0.1, 0.15) is 74.1 Å². The molecule has 17 heteroatoms. The Morgan fingerprint density at radius 1 is 1.07 bits per heavy atom. The summed E-state index contributed by atoms with van der Waals surface area (Å²) in [5, 5.41) is 36.1. The first-order valence-corrected chi connectivity index (χ1v) is 20.8. The van der Waals surface area contributed by atoms with Gasteiger partial charge in [-0.25, -0.2) is 9.78 Å². The largest absolute Gasteiger partial charge is 0.458 e. The number of aliphatic hydroxyl groups is 3. The topological polar surface area (TPSA) is 207 Å². The van der Waals surface area contributed by atoms with Crippen molar-refractivity contribution < 1.29 is 53.4 Å². The lowest BCUT2D eigenvalue weighted by Crippen LogP contribution is -2.66. The Bertz CT molecular complexity index is 1720. The van der Waals surface area contributed by atoms with Crippen molar-refractivity contribution >= 4 is 17.8 Å². The first-order chi connectivity index (χ1) is 27.9. The van der Waals surface area contributed by atoms with Crippen LogP contribution in [0.4, 0.5) is 4.79 Å². The fourth-order valence-electron chi connectivity index (χ4n) is 9.46. The summed E-state index contributed by atoms with van der Waals surface area (Å²) in [6.07, 6.45) is 1.69. The molecular formula is C42H66N6O11. The average molecular weight is 831 g/mol. The third-order valence-corrected chi connectivity index (χ3v) is 12.6. The Morgan fingerprint density at radius 3 is 2.41 bits per heavy atom. The number of hydrogen-bond donors (Lipinski definition) is 4. The maximum Gasteiger partial charge on any atom is 0.410 e. The number of carbonyl (C=O) groups is 3. The smallest absolute Gasteiger partial charge is 0.410 e. The third kappa shape index (κ3) is 9.83. The number of carbonyl (C=O) groups excluding carboxylic acids is 3. The van der Waals surface area contributed by atoms with Crippen LogP contribution in [0.5, 0.6) is 0 Å². The van der Waals surface area contributed by atoms with E-state index in [1.807, 2.05) is 43.7 Å². The molecule has 5 rings (SSSR count). The predicted molar refractivity (Wildman–Crippen MR) is 216 cm³/mol. The molecule has 3 fully saturated rings. The third-order valence-electron chi connectivity index (χ3n) is 12.6. The number of likely N-dealkylation sites (N-methyl/N-ethyl adjacent to an activating group) is 1. The van der Waals surface area contributed by atoms with Gasteiger partial charge in [-0.2, -0.15) is 0 Å². The number of nitrogens with one attached hydrogen (secondary N) is 1. The number of ether oxygens (including phenoxy) is 5. The van der Waals surface area contributed by atoms with E-state index in [0.717, 1.165) is 17.7 Å². The number of unbranched alkanes of at least 4 members (excludes halogenated alkanes) is 1. The predicted octanol–water partition coefficient (Wildman–Crippen LogP) is 2.40. The van der Waals surface area contributed by atoms with Gasteiger partial charge in [-0.1, -0.05) is 13.8 Å². The van der Waals surface area contributed by atoms with Crippen molar-refractivity contribution in [2.75, 3.05) is 34.4 Å². The molecule has 1 amide bonds. The number of hydrogen-bond acceptors (Lipinski definition) is 15. The zero-order valence-corrected chi connectivity index (χ0v) is 36.2. The summed E-state index contributed by atoms with van der Waals surface area (Å²) in [5.41, 5.74) is -0.740. The summed E-state index contributed by atoms with van der Waals surface area (Å²) < 4.78 is 33.0. The SMILES string of the molecule is CC[C@H]1OC(=O)[C@H](C)C(=O)[C@H](C)[C@@H](O[C@@H]2O[C@H](CO)[C@@H](O)[C@@H](N(C)C)[C@H]2O)[C@@](C)(OC)C[C@@H](C)N[C@H](C)[C@H]2N(CCCCn3cnc(-c4cccnc4)c3)C(=O)O[C@]12C. The van der Waals surface area contributed by atoms with Crippen molar-refractivity contribution in [1.29, 1.82) is 0 Å². The Labute approximate surface area is 347 Å². The van der Waals surface area contributed by atoms with Gasteiger partial charge in [0.1, 0.15) is 30.3 Å². The number of ketones is 1. The van der Waals surface area contributed by atoms with Crippen LogP contribution in [-0.2, 0) is 39.8 Å². The number of Topliss-reactive ketones (excluding diaryl/α,β-unsaturated/α-hetero) is 1. The number of esters is 1. The first kappa shape index (κ1) is 46.5. The molecule has 5 heterocycles. The second-order valence-corrected chi connectivity index (χ2v) is 17.2. The van der Waals surface area contributed by atoms with Crippen molar-refractivity contribution in [2.45, 2.75) is 153 Å². The van der Waals surface area contributed by atoms with E-state index in [9.17, 15) is 29.7 Å². The molecule has 2 aromatic heterocycles. The first-order valence-electron chi connectivity index (χ1n) is 20.8. The van der Waals surface area contributed by atoms with E-state index in [1.54, 1.807) is 63.4 Å². The van der Waals surface area contributed by atoms with Crippen molar-refractivity contribution in [3.63, 3.8) is 0 Å². The van der Waals surface area contributed by atoms with Gasteiger partial charge in [-0.3, -0.25) is 19.5 Å². The summed E-state index contributed by atoms with van der Waals surface area (Å²) in [6, 6.07) is 1.69.